The van der Waals surface area contributed by atoms with E-state index >= 15 is 0 Å². The molecule has 0 aromatic heterocycles. The van der Waals surface area contributed by atoms with E-state index < -0.39 is 11.7 Å². The van der Waals surface area contributed by atoms with Crippen LogP contribution in [0.5, 0.6) is 0 Å². The van der Waals surface area contributed by atoms with Crippen LogP contribution in [0, 0.1) is 5.82 Å². The fourth-order valence-electron chi connectivity index (χ4n) is 2.31. The molecule has 1 heterocycles. The van der Waals surface area contributed by atoms with Crippen molar-refractivity contribution < 1.29 is 9.18 Å². The van der Waals surface area contributed by atoms with Gasteiger partial charge >= 0.3 is 0 Å². The molecule has 0 bridgehead atoms. The number of primary amides is 1. The number of hydrogen-bond acceptors (Lipinski definition) is 4. The van der Waals surface area contributed by atoms with Gasteiger partial charge in [0.15, 0.2) is 5.82 Å². The summed E-state index contributed by atoms with van der Waals surface area (Å²) < 4.78 is 13.9. The molecule has 7 heteroatoms. The molecule has 1 aromatic rings. The molecule has 4 nitrogen and oxygen atoms in total. The van der Waals surface area contributed by atoms with Gasteiger partial charge in [-0.05, 0) is 32.1 Å². The van der Waals surface area contributed by atoms with Crippen LogP contribution in [0.25, 0.3) is 0 Å². The van der Waals surface area contributed by atoms with E-state index in [1.807, 2.05) is 14.1 Å². The average Bonchev–Trinajstić information content (AvgIpc) is 3.09. The minimum Gasteiger partial charge on any atom is -0.366 e. The monoisotopic (exact) mass is 317 g/mol. The van der Waals surface area contributed by atoms with E-state index in [-0.39, 0.29) is 20.7 Å². The molecule has 0 radical (unpaired) electrons. The first-order chi connectivity index (χ1) is 9.33. The number of hydrogen-bond donors (Lipinski definition) is 2. The smallest absolute Gasteiger partial charge is 0.251 e. The lowest BCUT2D eigenvalue weighted by Gasteiger charge is -2.21. The normalized spacial score (nSPS) is 25.0. The molecular weight excluding hydrogens is 301 g/mol. The molecule has 2 atom stereocenters. The Morgan fingerprint density at radius 2 is 2.20 bits per heavy atom. The second kappa shape index (κ2) is 5.52. The standard InChI is InChI=1S/C13H17ClFN3OS/c1-18(2)13(6-16)9(20-13)5-7-3-4-8(12(17)19)11(15)10(7)14/h3-4,9H,5-6,16H2,1-2H3,(H2,17,19)/t9?,13-/m1/s1. The van der Waals surface area contributed by atoms with Gasteiger partial charge < -0.3 is 11.5 Å². The number of rotatable bonds is 5. The summed E-state index contributed by atoms with van der Waals surface area (Å²) in [5.74, 6) is -1.56. The number of carbonyl (C=O) groups excluding carboxylic acids is 1. The Hall–Kier alpha value is -0.820. The SMILES string of the molecule is CN(C)[C@]1(CN)SC1Cc1ccc(C(N)=O)c(F)c1Cl. The third kappa shape index (κ3) is 2.53. The van der Waals surface area contributed by atoms with Crippen LogP contribution in [0.2, 0.25) is 5.02 Å². The molecule has 1 fully saturated rings. The van der Waals surface area contributed by atoms with E-state index in [9.17, 15) is 9.18 Å². The molecule has 1 amide bonds. The molecule has 1 aliphatic heterocycles. The fraction of sp³-hybridized carbons (Fsp3) is 0.462. The number of amides is 1. The van der Waals surface area contributed by atoms with Crippen molar-refractivity contribution in [1.82, 2.24) is 4.90 Å². The Kier molecular flexibility index (Phi) is 4.30. The van der Waals surface area contributed by atoms with Crippen molar-refractivity contribution in [3.05, 3.63) is 34.1 Å². The lowest BCUT2D eigenvalue weighted by atomic mass is 10.0. The maximum Gasteiger partial charge on any atom is 0.251 e. The predicted molar refractivity (Wildman–Crippen MR) is 80.5 cm³/mol. The van der Waals surface area contributed by atoms with E-state index in [0.29, 0.717) is 18.5 Å². The van der Waals surface area contributed by atoms with Crippen LogP contribution < -0.4 is 11.5 Å². The maximum absolute atomic E-state index is 13.9. The second-order valence-corrected chi connectivity index (χ2v) is 6.91. The van der Waals surface area contributed by atoms with Gasteiger partial charge in [0, 0.05) is 11.8 Å². The van der Waals surface area contributed by atoms with Gasteiger partial charge in [-0.25, -0.2) is 4.39 Å². The summed E-state index contributed by atoms with van der Waals surface area (Å²) in [6.45, 7) is 0.523. The lowest BCUT2D eigenvalue weighted by molar-refractivity contribution is 0.0996. The van der Waals surface area contributed by atoms with E-state index in [2.05, 4.69) is 4.90 Å². The molecule has 1 aliphatic rings. The number of nitrogens with zero attached hydrogens (tertiary/aromatic N) is 1. The van der Waals surface area contributed by atoms with E-state index in [0.717, 1.165) is 0 Å². The Morgan fingerprint density at radius 1 is 1.55 bits per heavy atom. The van der Waals surface area contributed by atoms with E-state index in [4.69, 9.17) is 23.1 Å². The highest BCUT2D eigenvalue weighted by atomic mass is 35.5. The molecular formula is C13H17ClFN3OS. The molecule has 0 saturated carbocycles. The highest BCUT2D eigenvalue weighted by molar-refractivity contribution is 8.08. The Morgan fingerprint density at radius 3 is 2.65 bits per heavy atom. The molecule has 1 aromatic carbocycles. The van der Waals surface area contributed by atoms with Gasteiger partial charge in [-0.2, -0.15) is 0 Å². The number of thioether (sulfide) groups is 1. The van der Waals surface area contributed by atoms with Crippen LogP contribution in [0.3, 0.4) is 0 Å². The van der Waals surface area contributed by atoms with Crippen LogP contribution in [0.1, 0.15) is 15.9 Å². The van der Waals surface area contributed by atoms with Crippen LogP contribution in [0.4, 0.5) is 4.39 Å². The molecule has 0 aliphatic carbocycles. The van der Waals surface area contributed by atoms with Gasteiger partial charge in [0.1, 0.15) is 0 Å². The van der Waals surface area contributed by atoms with Crippen LogP contribution in [-0.4, -0.2) is 41.6 Å². The maximum atomic E-state index is 13.9. The summed E-state index contributed by atoms with van der Waals surface area (Å²) in [4.78, 5) is 13.0. The van der Waals surface area contributed by atoms with E-state index in [1.165, 1.54) is 6.07 Å². The molecule has 20 heavy (non-hydrogen) atoms. The summed E-state index contributed by atoms with van der Waals surface area (Å²) in [5.41, 5.74) is 11.4. The minimum atomic E-state index is -0.818. The Labute approximate surface area is 126 Å². The van der Waals surface area contributed by atoms with Gasteiger partial charge in [0.2, 0.25) is 0 Å². The third-order valence-corrected chi connectivity index (χ3v) is 5.90. The van der Waals surface area contributed by atoms with Crippen molar-refractivity contribution in [3.8, 4) is 0 Å². The third-order valence-electron chi connectivity index (χ3n) is 3.67. The van der Waals surface area contributed by atoms with Gasteiger partial charge in [-0.15, -0.1) is 11.8 Å². The van der Waals surface area contributed by atoms with Crippen molar-refractivity contribution in [2.75, 3.05) is 20.6 Å². The van der Waals surface area contributed by atoms with Crippen molar-refractivity contribution in [3.63, 3.8) is 0 Å². The summed E-state index contributed by atoms with van der Waals surface area (Å²) in [6, 6.07) is 3.03. The summed E-state index contributed by atoms with van der Waals surface area (Å²) in [7, 11) is 3.94. The van der Waals surface area contributed by atoms with Gasteiger partial charge in [0.05, 0.1) is 15.5 Å². The summed E-state index contributed by atoms with van der Waals surface area (Å²) >= 11 is 7.73. The second-order valence-electron chi connectivity index (χ2n) is 5.02. The number of benzene rings is 1. The first-order valence-electron chi connectivity index (χ1n) is 6.15. The largest absolute Gasteiger partial charge is 0.366 e. The number of halogens is 2. The van der Waals surface area contributed by atoms with Crippen LogP contribution in [0.15, 0.2) is 12.1 Å². The molecule has 1 unspecified atom stereocenters. The molecule has 4 N–H and O–H groups in total. The molecule has 2 rings (SSSR count). The zero-order valence-electron chi connectivity index (χ0n) is 11.3. The summed E-state index contributed by atoms with van der Waals surface area (Å²) in [5, 5.41) is 0.234. The number of nitrogens with two attached hydrogens (primary N) is 2. The van der Waals surface area contributed by atoms with Gasteiger partial charge in [-0.1, -0.05) is 17.7 Å². The van der Waals surface area contributed by atoms with Crippen LogP contribution in [-0.2, 0) is 6.42 Å². The zero-order valence-corrected chi connectivity index (χ0v) is 12.9. The average molecular weight is 318 g/mol. The Bertz CT molecular complexity index is 555. The van der Waals surface area contributed by atoms with Crippen molar-refractivity contribution in [1.29, 1.82) is 0 Å². The Balaban J connectivity index is 2.21. The van der Waals surface area contributed by atoms with Crippen LogP contribution >= 0.6 is 23.4 Å². The van der Waals surface area contributed by atoms with Crippen molar-refractivity contribution in [2.24, 2.45) is 11.5 Å². The predicted octanol–water partition coefficient (Wildman–Crippen LogP) is 1.45. The number of likely N-dealkylation sites (N-methyl/N-ethyl adjacent to an activating group) is 1. The molecule has 110 valence electrons. The first kappa shape index (κ1) is 15.6. The molecule has 0 spiro atoms. The fourth-order valence-corrected chi connectivity index (χ4v) is 3.93. The van der Waals surface area contributed by atoms with Crippen molar-refractivity contribution >= 4 is 29.3 Å². The lowest BCUT2D eigenvalue weighted by Crippen LogP contribution is -2.40. The molecule has 1 saturated heterocycles. The van der Waals surface area contributed by atoms with E-state index in [1.54, 1.807) is 17.8 Å². The topological polar surface area (TPSA) is 72.3 Å². The quantitative estimate of drug-likeness (QED) is 0.806. The highest BCUT2D eigenvalue weighted by Crippen LogP contribution is 2.55. The summed E-state index contributed by atoms with van der Waals surface area (Å²) in [6.07, 6.45) is 0.606. The zero-order chi connectivity index (χ0) is 15.1. The number of carbonyl (C=O) groups is 1. The van der Waals surface area contributed by atoms with Gasteiger partial charge in [0.25, 0.3) is 5.91 Å². The van der Waals surface area contributed by atoms with Gasteiger partial charge in [-0.3, -0.25) is 9.69 Å². The first-order valence-corrected chi connectivity index (χ1v) is 7.41. The van der Waals surface area contributed by atoms with Crippen molar-refractivity contribution in [2.45, 2.75) is 16.5 Å². The highest BCUT2D eigenvalue weighted by Gasteiger charge is 2.56. The minimum absolute atomic E-state index is 0.0292.